The fourth-order valence-electron chi connectivity index (χ4n) is 6.92. The molecule has 10 rings (SSSR count). The van der Waals surface area contributed by atoms with Crippen LogP contribution < -0.4 is 0 Å². The normalized spacial score (nSPS) is 11.6. The van der Waals surface area contributed by atoms with Crippen LogP contribution in [0.25, 0.3) is 100 Å². The second kappa shape index (κ2) is 11.4. The van der Waals surface area contributed by atoms with E-state index < -0.39 is 0 Å². The lowest BCUT2D eigenvalue weighted by molar-refractivity contribution is 0.664. The van der Waals surface area contributed by atoms with E-state index in [0.29, 0.717) is 17.5 Å². The van der Waals surface area contributed by atoms with Crippen LogP contribution in [0.15, 0.2) is 173 Å². The van der Waals surface area contributed by atoms with Crippen LogP contribution >= 0.6 is 0 Å². The molecule has 3 aromatic heterocycles. The number of furan rings is 2. The lowest BCUT2D eigenvalue weighted by atomic mass is 9.98. The summed E-state index contributed by atoms with van der Waals surface area (Å²) in [6.07, 6.45) is 0. The summed E-state index contributed by atoms with van der Waals surface area (Å²) in [4.78, 5) is 15.3. The van der Waals surface area contributed by atoms with Gasteiger partial charge in [-0.05, 0) is 58.7 Å². The Labute approximate surface area is 287 Å². The summed E-state index contributed by atoms with van der Waals surface area (Å²) in [6, 6.07) is 55.8. The van der Waals surface area contributed by atoms with Gasteiger partial charge in [0.15, 0.2) is 17.5 Å². The highest BCUT2D eigenvalue weighted by Crippen LogP contribution is 2.40. The standard InChI is InChI=1S/C45H27N3O2/c1-3-12-28(13-4-1)30-16-9-17-31(24-30)32-18-10-19-33(25-32)44-46-43(29-14-5-2-6-15-29)47-45(48-44)35-21-11-23-39-42(35)37-27-40-36(26-41(37)50-39)34-20-7-8-22-38(34)49-40/h1-27H. The van der Waals surface area contributed by atoms with E-state index in [1.54, 1.807) is 0 Å². The van der Waals surface area contributed by atoms with E-state index in [4.69, 9.17) is 23.8 Å². The van der Waals surface area contributed by atoms with Gasteiger partial charge in [0, 0.05) is 38.2 Å². The van der Waals surface area contributed by atoms with E-state index in [2.05, 4.69) is 97.1 Å². The van der Waals surface area contributed by atoms with Crippen LogP contribution in [0.3, 0.4) is 0 Å². The predicted molar refractivity (Wildman–Crippen MR) is 202 cm³/mol. The molecule has 0 fully saturated rings. The van der Waals surface area contributed by atoms with Gasteiger partial charge in [-0.1, -0.05) is 127 Å². The molecule has 0 saturated heterocycles. The number of hydrogen-bond donors (Lipinski definition) is 0. The molecule has 5 heteroatoms. The summed E-state index contributed by atoms with van der Waals surface area (Å²) in [5, 5.41) is 3.98. The first-order valence-electron chi connectivity index (χ1n) is 16.6. The van der Waals surface area contributed by atoms with Crippen molar-refractivity contribution in [1.29, 1.82) is 0 Å². The average Bonchev–Trinajstić information content (AvgIpc) is 3.75. The number of hydrogen-bond acceptors (Lipinski definition) is 5. The van der Waals surface area contributed by atoms with E-state index in [-0.39, 0.29) is 0 Å². The minimum Gasteiger partial charge on any atom is -0.456 e. The lowest BCUT2D eigenvalue weighted by Gasteiger charge is -2.11. The molecule has 0 aliphatic carbocycles. The third-order valence-corrected chi connectivity index (χ3v) is 9.33. The van der Waals surface area contributed by atoms with E-state index in [0.717, 1.165) is 71.7 Å². The van der Waals surface area contributed by atoms with Crippen molar-refractivity contribution in [3.8, 4) is 56.4 Å². The van der Waals surface area contributed by atoms with Gasteiger partial charge < -0.3 is 8.83 Å². The highest BCUT2D eigenvalue weighted by Gasteiger charge is 2.20. The molecule has 0 N–H and O–H groups in total. The molecule has 5 nitrogen and oxygen atoms in total. The second-order valence-corrected chi connectivity index (χ2v) is 12.4. The quantitative estimate of drug-likeness (QED) is 0.187. The van der Waals surface area contributed by atoms with Crippen molar-refractivity contribution in [2.75, 3.05) is 0 Å². The monoisotopic (exact) mass is 641 g/mol. The molecule has 234 valence electrons. The van der Waals surface area contributed by atoms with Crippen molar-refractivity contribution in [3.05, 3.63) is 164 Å². The third-order valence-electron chi connectivity index (χ3n) is 9.33. The first-order valence-corrected chi connectivity index (χ1v) is 16.6. The Hall–Kier alpha value is -6.85. The highest BCUT2D eigenvalue weighted by molar-refractivity contribution is 6.17. The third kappa shape index (κ3) is 4.75. The summed E-state index contributed by atoms with van der Waals surface area (Å²) in [7, 11) is 0. The van der Waals surface area contributed by atoms with Crippen LogP contribution in [0.4, 0.5) is 0 Å². The Morgan fingerprint density at radius 1 is 0.300 bits per heavy atom. The molecule has 0 bridgehead atoms. The van der Waals surface area contributed by atoms with Crippen molar-refractivity contribution in [1.82, 2.24) is 15.0 Å². The van der Waals surface area contributed by atoms with Gasteiger partial charge in [-0.25, -0.2) is 15.0 Å². The average molecular weight is 642 g/mol. The number of fused-ring (bicyclic) bond motifs is 6. The van der Waals surface area contributed by atoms with Crippen LogP contribution in [-0.2, 0) is 0 Å². The number of nitrogens with zero attached hydrogens (tertiary/aromatic N) is 3. The van der Waals surface area contributed by atoms with Gasteiger partial charge in [-0.2, -0.15) is 0 Å². The summed E-state index contributed by atoms with van der Waals surface area (Å²) < 4.78 is 12.7. The Kier molecular flexibility index (Phi) is 6.42. The van der Waals surface area contributed by atoms with E-state index in [1.165, 1.54) is 11.1 Å². The van der Waals surface area contributed by atoms with Crippen LogP contribution in [-0.4, -0.2) is 15.0 Å². The summed E-state index contributed by atoms with van der Waals surface area (Å²) >= 11 is 0. The molecule has 0 aliphatic rings. The summed E-state index contributed by atoms with van der Waals surface area (Å²) in [5.74, 6) is 1.77. The van der Waals surface area contributed by atoms with Gasteiger partial charge in [-0.3, -0.25) is 0 Å². The SMILES string of the molecule is c1ccc(-c2cccc(-c3cccc(-c4nc(-c5ccccc5)nc(-c5cccc6oc7cc8c(cc7c56)oc5ccccc58)n4)c3)c2)cc1. The Morgan fingerprint density at radius 3 is 1.58 bits per heavy atom. The maximum absolute atomic E-state index is 6.46. The molecule has 0 radical (unpaired) electrons. The zero-order valence-electron chi connectivity index (χ0n) is 26.7. The molecule has 0 saturated carbocycles. The minimum absolute atomic E-state index is 0.573. The minimum atomic E-state index is 0.573. The summed E-state index contributed by atoms with van der Waals surface area (Å²) in [6.45, 7) is 0. The first-order chi connectivity index (χ1) is 24.7. The molecule has 7 aromatic carbocycles. The Bertz CT molecular complexity index is 2870. The van der Waals surface area contributed by atoms with Gasteiger partial charge in [-0.15, -0.1) is 0 Å². The van der Waals surface area contributed by atoms with Crippen LogP contribution in [0, 0.1) is 0 Å². The zero-order chi connectivity index (χ0) is 33.0. The maximum atomic E-state index is 6.46. The van der Waals surface area contributed by atoms with Crippen LogP contribution in [0.1, 0.15) is 0 Å². The van der Waals surface area contributed by atoms with Crippen LogP contribution in [0.2, 0.25) is 0 Å². The lowest BCUT2D eigenvalue weighted by Crippen LogP contribution is -2.00. The van der Waals surface area contributed by atoms with Gasteiger partial charge in [0.2, 0.25) is 0 Å². The molecule has 0 spiro atoms. The Morgan fingerprint density at radius 2 is 0.800 bits per heavy atom. The topological polar surface area (TPSA) is 65.0 Å². The van der Waals surface area contributed by atoms with Gasteiger partial charge >= 0.3 is 0 Å². The fraction of sp³-hybridized carbons (Fsp3) is 0. The smallest absolute Gasteiger partial charge is 0.164 e. The Balaban J connectivity index is 1.15. The van der Waals surface area contributed by atoms with Gasteiger partial charge in [0.1, 0.15) is 22.3 Å². The first kappa shape index (κ1) is 28.2. The number of benzene rings is 7. The molecule has 0 atom stereocenters. The molecular formula is C45H27N3O2. The van der Waals surface area contributed by atoms with E-state index in [1.807, 2.05) is 66.7 Å². The van der Waals surface area contributed by atoms with Gasteiger partial charge in [0.05, 0.1) is 0 Å². The number of rotatable bonds is 5. The van der Waals surface area contributed by atoms with E-state index in [9.17, 15) is 0 Å². The van der Waals surface area contributed by atoms with Crippen LogP contribution in [0.5, 0.6) is 0 Å². The molecule has 50 heavy (non-hydrogen) atoms. The van der Waals surface area contributed by atoms with Crippen molar-refractivity contribution in [3.63, 3.8) is 0 Å². The largest absolute Gasteiger partial charge is 0.456 e. The molecular weight excluding hydrogens is 615 g/mol. The molecule has 10 aromatic rings. The second-order valence-electron chi connectivity index (χ2n) is 12.4. The predicted octanol–water partition coefficient (Wildman–Crippen LogP) is 12.0. The van der Waals surface area contributed by atoms with Crippen molar-refractivity contribution in [2.24, 2.45) is 0 Å². The summed E-state index contributed by atoms with van der Waals surface area (Å²) in [5.41, 5.74) is 10.5. The highest BCUT2D eigenvalue weighted by atomic mass is 16.3. The number of para-hydroxylation sites is 1. The molecule has 0 aliphatic heterocycles. The van der Waals surface area contributed by atoms with Crippen molar-refractivity contribution >= 4 is 43.9 Å². The molecule has 3 heterocycles. The zero-order valence-corrected chi connectivity index (χ0v) is 26.7. The van der Waals surface area contributed by atoms with E-state index >= 15 is 0 Å². The number of aromatic nitrogens is 3. The maximum Gasteiger partial charge on any atom is 0.164 e. The molecule has 0 amide bonds. The van der Waals surface area contributed by atoms with Gasteiger partial charge in [0.25, 0.3) is 0 Å². The van der Waals surface area contributed by atoms with Crippen molar-refractivity contribution in [2.45, 2.75) is 0 Å². The molecule has 0 unspecified atom stereocenters. The fourth-order valence-corrected chi connectivity index (χ4v) is 6.92. The van der Waals surface area contributed by atoms with Crippen molar-refractivity contribution < 1.29 is 8.83 Å².